The first-order valence-electron chi connectivity index (χ1n) is 40.2. The maximum atomic E-state index is 13.0. The average Bonchev–Trinajstić information content (AvgIpc) is 0.861. The number of carbonyl (C=O) groups excluding carboxylic acids is 11. The molecule has 0 heterocycles. The van der Waals surface area contributed by atoms with E-state index >= 15 is 0 Å². The van der Waals surface area contributed by atoms with Crippen LogP contribution in [0.2, 0.25) is 0 Å². The van der Waals surface area contributed by atoms with Gasteiger partial charge in [-0.1, -0.05) is 39.7 Å². The van der Waals surface area contributed by atoms with Crippen LogP contribution >= 0.6 is 0 Å². The SMILES string of the molecule is C=CC(=O)OC(CCCCC)Oc1ccc(C(=O)Oc2ccc(OC(=O)c3ccc(OC(CC)CCCCCOC(=O)CCCCCOC(=O)CCCCCOC(=O)CCCCCOC(=O)CCCCCOC(=O)CCCCCOC(=O)CCCCCOC(=O)CCCCCOC(O)CCCCC=O)cc3)cc2)cc1. The van der Waals surface area contributed by atoms with Gasteiger partial charge in [-0.15, -0.1) is 0 Å². The number of carbonyl (C=O) groups is 11. The predicted molar refractivity (Wildman–Crippen MR) is 410 cm³/mol. The van der Waals surface area contributed by atoms with E-state index in [9.17, 15) is 57.8 Å². The molecule has 614 valence electrons. The van der Waals surface area contributed by atoms with E-state index in [1.807, 2.05) is 6.92 Å². The van der Waals surface area contributed by atoms with E-state index in [1.54, 1.807) is 48.5 Å². The second-order valence-corrected chi connectivity index (χ2v) is 27.0. The van der Waals surface area contributed by atoms with Crippen molar-refractivity contribution in [3.8, 4) is 23.0 Å². The first kappa shape index (κ1) is 95.5. The molecule has 0 spiro atoms. The van der Waals surface area contributed by atoms with Crippen molar-refractivity contribution >= 4 is 66.0 Å². The minimum atomic E-state index is -0.823. The molecule has 110 heavy (non-hydrogen) atoms. The largest absolute Gasteiger partial charge is 0.490 e. The van der Waals surface area contributed by atoms with E-state index in [1.165, 1.54) is 24.3 Å². The summed E-state index contributed by atoms with van der Waals surface area (Å²) in [5.74, 6) is -2.12. The Morgan fingerprint density at radius 1 is 0.355 bits per heavy atom. The Bertz CT molecular complexity index is 3040. The summed E-state index contributed by atoms with van der Waals surface area (Å²) in [6.07, 6.45) is 26.3. The van der Waals surface area contributed by atoms with Crippen LogP contribution in [0.5, 0.6) is 23.0 Å². The Morgan fingerprint density at radius 2 is 0.664 bits per heavy atom. The highest BCUT2D eigenvalue weighted by Crippen LogP contribution is 2.25. The zero-order valence-electron chi connectivity index (χ0n) is 65.4. The van der Waals surface area contributed by atoms with Crippen LogP contribution in [-0.2, 0) is 85.8 Å². The molecule has 0 saturated heterocycles. The van der Waals surface area contributed by atoms with Crippen molar-refractivity contribution < 1.29 is 119 Å². The lowest BCUT2D eigenvalue weighted by Crippen LogP contribution is -2.23. The third-order valence-corrected chi connectivity index (χ3v) is 17.4. The number of benzene rings is 3. The number of aliphatic hydroxyl groups is 1. The van der Waals surface area contributed by atoms with Gasteiger partial charge in [0.25, 0.3) is 0 Å². The summed E-state index contributed by atoms with van der Waals surface area (Å²) in [5.41, 5.74) is 0.598. The molecule has 0 aliphatic rings. The lowest BCUT2D eigenvalue weighted by Gasteiger charge is -2.18. The van der Waals surface area contributed by atoms with E-state index in [-0.39, 0.29) is 124 Å². The molecule has 3 unspecified atom stereocenters. The molecule has 3 atom stereocenters. The van der Waals surface area contributed by atoms with Crippen LogP contribution in [0.4, 0.5) is 0 Å². The van der Waals surface area contributed by atoms with Crippen molar-refractivity contribution in [2.45, 2.75) is 296 Å². The van der Waals surface area contributed by atoms with Crippen molar-refractivity contribution in [3.63, 3.8) is 0 Å². The lowest BCUT2D eigenvalue weighted by atomic mass is 10.1. The monoisotopic (exact) mass is 1540 g/mol. The number of rotatable bonds is 69. The van der Waals surface area contributed by atoms with Crippen LogP contribution in [-0.4, -0.2) is 143 Å². The Hall–Kier alpha value is -8.71. The highest BCUT2D eigenvalue weighted by Gasteiger charge is 2.19. The molecule has 0 radical (unpaired) electrons. The van der Waals surface area contributed by atoms with Gasteiger partial charge in [-0.05, 0) is 259 Å². The second-order valence-electron chi connectivity index (χ2n) is 27.0. The molecule has 0 aliphatic carbocycles. The van der Waals surface area contributed by atoms with Crippen LogP contribution < -0.4 is 18.9 Å². The zero-order chi connectivity index (χ0) is 79.7. The van der Waals surface area contributed by atoms with Crippen molar-refractivity contribution in [1.29, 1.82) is 0 Å². The number of unbranched alkanes of at least 4 members (excludes halogenated alkanes) is 20. The van der Waals surface area contributed by atoms with E-state index < -0.39 is 30.5 Å². The quantitative estimate of drug-likeness (QED) is 0.0104. The minimum absolute atomic E-state index is 0.0405. The molecule has 1 N–H and O–H groups in total. The Balaban J connectivity index is 1.04. The standard InChI is InChI=1S/C85H124O25/c1-4-7-17-45-83(110-74(87)6-3)107-71-52-48-68(49-53-71)85(97)109-73-56-54-72(55-57-73)108-84(96)67-46-50-70(51-47-67)106-69(5-2)36-18-9-28-59-98-76(89)38-20-11-30-61-100-78(91)40-22-13-32-63-102-80(93)42-24-15-34-65-104-82(95)44-26-16-35-66-105-81(94)43-25-14-33-64-103-79(92)41-23-12-31-62-101-77(90)39-21-10-29-60-99-75(88)37-19-8-27-58-86/h6,46-58,69,75,83,88H,3-5,7-45,59-66H2,1-2H3. The highest BCUT2D eigenvalue weighted by atomic mass is 16.7. The van der Waals surface area contributed by atoms with Gasteiger partial charge < -0.3 is 71.5 Å². The first-order valence-corrected chi connectivity index (χ1v) is 40.2. The van der Waals surface area contributed by atoms with Gasteiger partial charge in [0.1, 0.15) is 29.3 Å². The third-order valence-electron chi connectivity index (χ3n) is 17.4. The molecular formula is C85H124O25. The number of hydrogen-bond acceptors (Lipinski definition) is 25. The topological polar surface area (TPSA) is 328 Å². The summed E-state index contributed by atoms with van der Waals surface area (Å²) >= 11 is 0. The summed E-state index contributed by atoms with van der Waals surface area (Å²) in [5, 5.41) is 9.77. The smallest absolute Gasteiger partial charge is 0.343 e. The average molecular weight is 1550 g/mol. The molecule has 0 aliphatic heterocycles. The molecule has 0 fully saturated rings. The molecule has 25 nitrogen and oxygen atoms in total. The van der Waals surface area contributed by atoms with Crippen molar-refractivity contribution in [2.75, 3.05) is 52.9 Å². The summed E-state index contributed by atoms with van der Waals surface area (Å²) in [4.78, 5) is 133. The van der Waals surface area contributed by atoms with Crippen LogP contribution in [0.3, 0.4) is 0 Å². The number of ether oxygens (including phenoxy) is 13. The molecule has 0 saturated carbocycles. The van der Waals surface area contributed by atoms with E-state index in [0.29, 0.717) is 178 Å². The molecule has 3 aromatic carbocycles. The lowest BCUT2D eigenvalue weighted by molar-refractivity contribution is -0.158. The predicted octanol–water partition coefficient (Wildman–Crippen LogP) is 16.7. The van der Waals surface area contributed by atoms with E-state index in [2.05, 4.69) is 13.5 Å². The van der Waals surface area contributed by atoms with Crippen molar-refractivity contribution in [2.24, 2.45) is 0 Å². The van der Waals surface area contributed by atoms with E-state index in [4.69, 9.17) is 61.6 Å². The normalized spacial score (nSPS) is 11.7. The van der Waals surface area contributed by atoms with Gasteiger partial charge in [-0.3, -0.25) is 33.6 Å². The van der Waals surface area contributed by atoms with Crippen LogP contribution in [0.25, 0.3) is 0 Å². The van der Waals surface area contributed by atoms with E-state index in [0.717, 1.165) is 109 Å². The maximum absolute atomic E-state index is 13.0. The minimum Gasteiger partial charge on any atom is -0.490 e. The molecule has 0 amide bonds. The summed E-state index contributed by atoms with van der Waals surface area (Å²) in [6.45, 7) is 10.0. The Labute approximate surface area is 650 Å². The van der Waals surface area contributed by atoms with Gasteiger partial charge in [0.2, 0.25) is 6.29 Å². The maximum Gasteiger partial charge on any atom is 0.343 e. The fourth-order valence-corrected chi connectivity index (χ4v) is 11.0. The molecular weight excluding hydrogens is 1420 g/mol. The summed E-state index contributed by atoms with van der Waals surface area (Å²) in [7, 11) is 0. The van der Waals surface area contributed by atoms with Gasteiger partial charge in [-0.25, -0.2) is 14.4 Å². The Morgan fingerprint density at radius 3 is 0.991 bits per heavy atom. The zero-order valence-corrected chi connectivity index (χ0v) is 65.4. The highest BCUT2D eigenvalue weighted by molar-refractivity contribution is 5.92. The van der Waals surface area contributed by atoms with Gasteiger partial charge in [-0.2, -0.15) is 0 Å². The second kappa shape index (κ2) is 64.0. The number of aldehydes is 1. The van der Waals surface area contributed by atoms with Gasteiger partial charge >= 0.3 is 59.7 Å². The van der Waals surface area contributed by atoms with Crippen molar-refractivity contribution in [3.05, 3.63) is 96.6 Å². The number of aliphatic hydroxyl groups excluding tert-OH is 1. The Kier molecular flexibility index (Phi) is 55.6. The fourth-order valence-electron chi connectivity index (χ4n) is 11.0. The first-order chi connectivity index (χ1) is 53.5. The number of esters is 10. The molecule has 0 aromatic heterocycles. The number of hydrogen-bond donors (Lipinski definition) is 1. The molecule has 0 bridgehead atoms. The van der Waals surface area contributed by atoms with Crippen LogP contribution in [0.1, 0.15) is 298 Å². The van der Waals surface area contributed by atoms with Crippen molar-refractivity contribution in [1.82, 2.24) is 0 Å². The molecule has 3 rings (SSSR count). The molecule has 25 heteroatoms. The van der Waals surface area contributed by atoms with Gasteiger partial charge in [0.15, 0.2) is 6.29 Å². The summed E-state index contributed by atoms with van der Waals surface area (Å²) in [6, 6.07) is 19.1. The third kappa shape index (κ3) is 51.6. The van der Waals surface area contributed by atoms with Gasteiger partial charge in [0, 0.05) is 70.5 Å². The fraction of sp³-hybridized carbons (Fsp3) is 0.635. The van der Waals surface area contributed by atoms with Crippen LogP contribution in [0.15, 0.2) is 85.5 Å². The van der Waals surface area contributed by atoms with Gasteiger partial charge in [0.05, 0.1) is 63.5 Å². The summed E-state index contributed by atoms with van der Waals surface area (Å²) < 4.78 is 71.1. The van der Waals surface area contributed by atoms with Crippen LogP contribution in [0, 0.1) is 0 Å². The molecule has 3 aromatic rings.